The maximum atomic E-state index is 12.4. The Labute approximate surface area is 169 Å². The van der Waals surface area contributed by atoms with Crippen LogP contribution in [0, 0.1) is 0 Å². The Kier molecular flexibility index (Phi) is 5.35. The van der Waals surface area contributed by atoms with Crippen molar-refractivity contribution in [2.24, 2.45) is 0 Å². The van der Waals surface area contributed by atoms with Gasteiger partial charge in [-0.25, -0.2) is 4.68 Å². The predicted octanol–water partition coefficient (Wildman–Crippen LogP) is 3.23. The van der Waals surface area contributed by atoms with Crippen molar-refractivity contribution in [2.45, 2.75) is 19.6 Å². The van der Waals surface area contributed by atoms with E-state index < -0.39 is 5.97 Å². The fraction of sp³-hybridized carbons (Fsp3) is 0.150. The van der Waals surface area contributed by atoms with E-state index in [2.05, 4.69) is 15.5 Å². The number of hydrogen-bond acceptors (Lipinski definition) is 7. The van der Waals surface area contributed by atoms with E-state index in [0.29, 0.717) is 27.4 Å². The van der Waals surface area contributed by atoms with Crippen LogP contribution in [0.1, 0.15) is 12.2 Å². The van der Waals surface area contributed by atoms with Crippen molar-refractivity contribution in [3.05, 3.63) is 75.7 Å². The number of halogens is 1. The first-order valence-electron chi connectivity index (χ1n) is 8.80. The van der Waals surface area contributed by atoms with Gasteiger partial charge >= 0.3 is 5.97 Å². The SMILES string of the molecule is O=C(CCn1nnc2ccccc2c1=O)OCc1cc(-c2ccc(Cl)cc2)no1. The van der Waals surface area contributed by atoms with Gasteiger partial charge in [0.15, 0.2) is 12.4 Å². The van der Waals surface area contributed by atoms with Crippen LogP contribution >= 0.6 is 11.6 Å². The quantitative estimate of drug-likeness (QED) is 0.450. The Morgan fingerprint density at radius 2 is 1.93 bits per heavy atom. The Bertz CT molecular complexity index is 1220. The van der Waals surface area contributed by atoms with Crippen LogP contribution in [-0.2, 0) is 22.7 Å². The van der Waals surface area contributed by atoms with Gasteiger partial charge in [0, 0.05) is 16.7 Å². The van der Waals surface area contributed by atoms with Crippen molar-refractivity contribution in [2.75, 3.05) is 0 Å². The third-order valence-corrected chi connectivity index (χ3v) is 4.48. The second-order valence-corrected chi connectivity index (χ2v) is 6.67. The van der Waals surface area contributed by atoms with Gasteiger partial charge in [-0.15, -0.1) is 5.10 Å². The van der Waals surface area contributed by atoms with E-state index in [1.54, 1.807) is 42.5 Å². The molecule has 0 amide bonds. The molecular formula is C20H15ClN4O4. The molecule has 0 spiro atoms. The van der Waals surface area contributed by atoms with Crippen LogP contribution in [0.4, 0.5) is 0 Å². The average molecular weight is 411 g/mol. The van der Waals surface area contributed by atoms with E-state index in [0.717, 1.165) is 10.2 Å². The number of esters is 1. The van der Waals surface area contributed by atoms with E-state index in [4.69, 9.17) is 20.9 Å². The summed E-state index contributed by atoms with van der Waals surface area (Å²) in [6.45, 7) is 0.0135. The summed E-state index contributed by atoms with van der Waals surface area (Å²) < 4.78 is 11.5. The number of hydrogen-bond donors (Lipinski definition) is 0. The lowest BCUT2D eigenvalue weighted by molar-refractivity contribution is -0.145. The minimum atomic E-state index is -0.490. The Morgan fingerprint density at radius 3 is 2.76 bits per heavy atom. The number of aromatic nitrogens is 4. The molecule has 0 unspecified atom stereocenters. The second-order valence-electron chi connectivity index (χ2n) is 6.23. The predicted molar refractivity (Wildman–Crippen MR) is 105 cm³/mol. The molecule has 0 fully saturated rings. The van der Waals surface area contributed by atoms with Crippen LogP contribution in [-0.4, -0.2) is 26.1 Å². The molecule has 9 heteroatoms. The van der Waals surface area contributed by atoms with Gasteiger partial charge in [0.05, 0.1) is 18.4 Å². The van der Waals surface area contributed by atoms with Crippen molar-refractivity contribution in [1.29, 1.82) is 0 Å². The zero-order valence-corrected chi connectivity index (χ0v) is 15.9. The fourth-order valence-electron chi connectivity index (χ4n) is 2.73. The summed E-state index contributed by atoms with van der Waals surface area (Å²) in [6.07, 6.45) is -0.0227. The number of rotatable bonds is 6. The third-order valence-electron chi connectivity index (χ3n) is 4.23. The van der Waals surface area contributed by atoms with Crippen LogP contribution in [0.5, 0.6) is 0 Å². The molecule has 0 saturated carbocycles. The highest BCUT2D eigenvalue weighted by Crippen LogP contribution is 2.21. The monoisotopic (exact) mass is 410 g/mol. The van der Waals surface area contributed by atoms with Gasteiger partial charge in [-0.05, 0) is 24.3 Å². The number of carbonyl (C=O) groups is 1. The van der Waals surface area contributed by atoms with Gasteiger partial charge in [-0.1, -0.05) is 46.2 Å². The summed E-state index contributed by atoms with van der Waals surface area (Å²) in [6, 6.07) is 15.7. The zero-order chi connectivity index (χ0) is 20.2. The van der Waals surface area contributed by atoms with Crippen LogP contribution in [0.15, 0.2) is 63.9 Å². The first-order chi connectivity index (χ1) is 14.1. The number of fused-ring (bicyclic) bond motifs is 1. The molecule has 0 aliphatic heterocycles. The van der Waals surface area contributed by atoms with Crippen LogP contribution < -0.4 is 5.56 Å². The maximum Gasteiger partial charge on any atom is 0.308 e. The van der Waals surface area contributed by atoms with Gasteiger partial charge in [-0.2, -0.15) is 0 Å². The molecule has 0 saturated heterocycles. The summed E-state index contributed by atoms with van der Waals surface area (Å²) in [7, 11) is 0. The van der Waals surface area contributed by atoms with E-state index in [-0.39, 0.29) is 25.1 Å². The first kappa shape index (κ1) is 18.8. The van der Waals surface area contributed by atoms with Crippen molar-refractivity contribution < 1.29 is 14.1 Å². The lowest BCUT2D eigenvalue weighted by Gasteiger charge is -2.05. The van der Waals surface area contributed by atoms with Gasteiger partial charge in [-0.3, -0.25) is 9.59 Å². The number of nitrogens with zero attached hydrogens (tertiary/aromatic N) is 4. The van der Waals surface area contributed by atoms with Gasteiger partial charge in [0.25, 0.3) is 5.56 Å². The largest absolute Gasteiger partial charge is 0.457 e. The van der Waals surface area contributed by atoms with Gasteiger partial charge in [0.2, 0.25) is 0 Å². The number of aryl methyl sites for hydroxylation is 1. The molecular weight excluding hydrogens is 396 g/mol. The Morgan fingerprint density at radius 1 is 1.14 bits per heavy atom. The average Bonchev–Trinajstić information content (AvgIpc) is 3.21. The van der Waals surface area contributed by atoms with Crippen molar-refractivity contribution >= 4 is 28.5 Å². The third kappa shape index (κ3) is 4.33. The van der Waals surface area contributed by atoms with Crippen LogP contribution in [0.25, 0.3) is 22.2 Å². The molecule has 2 aromatic heterocycles. The molecule has 0 aliphatic carbocycles. The van der Waals surface area contributed by atoms with Gasteiger partial charge < -0.3 is 9.26 Å². The summed E-state index contributed by atoms with van der Waals surface area (Å²) in [5.74, 6) is -0.0812. The molecule has 146 valence electrons. The fourth-order valence-corrected chi connectivity index (χ4v) is 2.85. The van der Waals surface area contributed by atoms with Crippen molar-refractivity contribution in [3.63, 3.8) is 0 Å². The highest BCUT2D eigenvalue weighted by atomic mass is 35.5. The van der Waals surface area contributed by atoms with E-state index in [1.165, 1.54) is 0 Å². The van der Waals surface area contributed by atoms with Crippen molar-refractivity contribution in [3.8, 4) is 11.3 Å². The summed E-state index contributed by atoms with van der Waals surface area (Å²) >= 11 is 5.87. The molecule has 8 nitrogen and oxygen atoms in total. The van der Waals surface area contributed by atoms with Crippen LogP contribution in [0.3, 0.4) is 0 Å². The highest BCUT2D eigenvalue weighted by Gasteiger charge is 2.11. The minimum absolute atomic E-state index is 0.0227. The standard InChI is InChI=1S/C20H15ClN4O4/c21-14-7-5-13(6-8-14)18-11-15(29-23-18)12-28-19(26)9-10-25-20(27)16-3-1-2-4-17(16)22-24-25/h1-8,11H,9-10,12H2. The van der Waals surface area contributed by atoms with E-state index >= 15 is 0 Å². The molecule has 0 atom stereocenters. The Balaban J connectivity index is 1.33. The first-order valence-corrected chi connectivity index (χ1v) is 9.17. The Hall–Kier alpha value is -3.52. The summed E-state index contributed by atoms with van der Waals surface area (Å²) in [5.41, 5.74) is 1.67. The molecule has 2 heterocycles. The highest BCUT2D eigenvalue weighted by molar-refractivity contribution is 6.30. The van der Waals surface area contributed by atoms with Crippen molar-refractivity contribution in [1.82, 2.24) is 20.2 Å². The summed E-state index contributed by atoms with van der Waals surface area (Å²) in [5, 5.41) is 12.9. The number of ether oxygens (including phenoxy) is 1. The van der Waals surface area contributed by atoms with E-state index in [9.17, 15) is 9.59 Å². The molecule has 4 aromatic rings. The lowest BCUT2D eigenvalue weighted by atomic mass is 10.1. The lowest BCUT2D eigenvalue weighted by Crippen LogP contribution is -2.25. The molecule has 29 heavy (non-hydrogen) atoms. The molecule has 2 aromatic carbocycles. The molecule has 0 radical (unpaired) electrons. The maximum absolute atomic E-state index is 12.4. The molecule has 0 bridgehead atoms. The minimum Gasteiger partial charge on any atom is -0.457 e. The smallest absolute Gasteiger partial charge is 0.308 e. The molecule has 4 rings (SSSR count). The van der Waals surface area contributed by atoms with Crippen LogP contribution in [0.2, 0.25) is 5.02 Å². The van der Waals surface area contributed by atoms with Gasteiger partial charge in [0.1, 0.15) is 11.2 Å². The molecule has 0 N–H and O–H groups in total. The van der Waals surface area contributed by atoms with E-state index in [1.807, 2.05) is 12.1 Å². The number of benzene rings is 2. The second kappa shape index (κ2) is 8.24. The summed E-state index contributed by atoms with van der Waals surface area (Å²) in [4.78, 5) is 24.4. The topological polar surface area (TPSA) is 100 Å². The normalized spacial score (nSPS) is 10.9. The molecule has 0 aliphatic rings. The zero-order valence-electron chi connectivity index (χ0n) is 15.1. The number of carbonyl (C=O) groups excluding carboxylic acids is 1.